The Morgan fingerprint density at radius 3 is 2.73 bits per heavy atom. The monoisotopic (exact) mass is 307 g/mol. The largest absolute Gasteiger partial charge is 0.497 e. The van der Waals surface area contributed by atoms with E-state index >= 15 is 0 Å². The number of rotatable bonds is 8. The van der Waals surface area contributed by atoms with Crippen molar-refractivity contribution >= 4 is 11.9 Å². The average Bonchev–Trinajstić information content (AvgIpc) is 3.34. The predicted octanol–water partition coefficient (Wildman–Crippen LogP) is 1.93. The number of ether oxygens (including phenoxy) is 2. The van der Waals surface area contributed by atoms with Crippen molar-refractivity contribution in [1.82, 2.24) is 5.32 Å². The second kappa shape index (κ2) is 7.15. The number of carbonyl (C=O) groups is 2. The third-order valence-corrected chi connectivity index (χ3v) is 3.60. The minimum absolute atomic E-state index is 0.0717. The zero-order valence-corrected chi connectivity index (χ0v) is 12.8. The Hall–Kier alpha value is -2.24. The quantitative estimate of drug-likeness (QED) is 0.766. The average molecular weight is 307 g/mol. The number of benzene rings is 1. The summed E-state index contributed by atoms with van der Waals surface area (Å²) < 4.78 is 10.9. The lowest BCUT2D eigenvalue weighted by Crippen LogP contribution is -2.31. The van der Waals surface area contributed by atoms with Gasteiger partial charge in [-0.3, -0.25) is 9.59 Å². The van der Waals surface area contributed by atoms with E-state index in [0.29, 0.717) is 29.6 Å². The smallest absolute Gasteiger partial charge is 0.308 e. The number of aliphatic carboxylic acids is 1. The van der Waals surface area contributed by atoms with Gasteiger partial charge in [-0.05, 0) is 30.9 Å². The van der Waals surface area contributed by atoms with Crippen LogP contribution in [-0.2, 0) is 4.79 Å². The van der Waals surface area contributed by atoms with Gasteiger partial charge in [-0.2, -0.15) is 0 Å². The Bertz CT molecular complexity index is 553. The summed E-state index contributed by atoms with van der Waals surface area (Å²) in [6.07, 6.45) is 2.31. The van der Waals surface area contributed by atoms with Crippen molar-refractivity contribution in [2.45, 2.75) is 19.8 Å². The van der Waals surface area contributed by atoms with Gasteiger partial charge in [-0.25, -0.2) is 0 Å². The first kappa shape index (κ1) is 16.1. The van der Waals surface area contributed by atoms with E-state index in [9.17, 15) is 9.59 Å². The molecule has 0 bridgehead atoms. The third-order valence-electron chi connectivity index (χ3n) is 3.60. The summed E-state index contributed by atoms with van der Waals surface area (Å²) >= 11 is 0. The summed E-state index contributed by atoms with van der Waals surface area (Å²) in [5.74, 6) is -0.290. The van der Waals surface area contributed by atoms with Crippen LogP contribution in [0.3, 0.4) is 0 Å². The highest BCUT2D eigenvalue weighted by molar-refractivity contribution is 5.97. The number of nitrogens with one attached hydrogen (secondary N) is 1. The SMILES string of the molecule is COc1ccc(C(=O)NCC(C)C(=O)O)c(OCC2CC2)c1. The molecule has 1 unspecified atom stereocenters. The van der Waals surface area contributed by atoms with Crippen LogP contribution < -0.4 is 14.8 Å². The maximum Gasteiger partial charge on any atom is 0.308 e. The van der Waals surface area contributed by atoms with Crippen molar-refractivity contribution in [2.24, 2.45) is 11.8 Å². The van der Waals surface area contributed by atoms with E-state index in [1.165, 1.54) is 0 Å². The molecular formula is C16H21NO5. The summed E-state index contributed by atoms with van der Waals surface area (Å²) in [7, 11) is 1.55. The lowest BCUT2D eigenvalue weighted by molar-refractivity contribution is -0.140. The molecule has 1 atom stereocenters. The molecular weight excluding hydrogens is 286 g/mol. The molecule has 0 aliphatic heterocycles. The van der Waals surface area contributed by atoms with Gasteiger partial charge < -0.3 is 19.9 Å². The topological polar surface area (TPSA) is 84.9 Å². The van der Waals surface area contributed by atoms with E-state index in [2.05, 4.69) is 5.32 Å². The van der Waals surface area contributed by atoms with Crippen LogP contribution in [0, 0.1) is 11.8 Å². The van der Waals surface area contributed by atoms with Crippen LogP contribution in [-0.4, -0.2) is 37.2 Å². The van der Waals surface area contributed by atoms with Gasteiger partial charge in [0.2, 0.25) is 0 Å². The molecule has 1 aromatic carbocycles. The Balaban J connectivity index is 2.06. The minimum atomic E-state index is -0.944. The zero-order valence-electron chi connectivity index (χ0n) is 12.8. The minimum Gasteiger partial charge on any atom is -0.497 e. The summed E-state index contributed by atoms with van der Waals surface area (Å²) in [6.45, 7) is 2.20. The Kier molecular flexibility index (Phi) is 5.25. The molecule has 1 amide bonds. The summed E-state index contributed by atoms with van der Waals surface area (Å²) in [5, 5.41) is 11.5. The van der Waals surface area contributed by atoms with Crippen LogP contribution in [0.5, 0.6) is 11.5 Å². The van der Waals surface area contributed by atoms with E-state index in [1.54, 1.807) is 32.2 Å². The molecule has 0 radical (unpaired) electrons. The highest BCUT2D eigenvalue weighted by Gasteiger charge is 2.23. The molecule has 0 saturated heterocycles. The van der Waals surface area contributed by atoms with Crippen LogP contribution in [0.25, 0.3) is 0 Å². The second-order valence-corrected chi connectivity index (χ2v) is 5.57. The van der Waals surface area contributed by atoms with Crippen molar-refractivity contribution in [2.75, 3.05) is 20.3 Å². The molecule has 1 aliphatic rings. The third kappa shape index (κ3) is 4.38. The van der Waals surface area contributed by atoms with Gasteiger partial charge in [0, 0.05) is 12.6 Å². The molecule has 1 aliphatic carbocycles. The first-order valence-electron chi connectivity index (χ1n) is 7.33. The van der Waals surface area contributed by atoms with Crippen LogP contribution in [0.4, 0.5) is 0 Å². The van der Waals surface area contributed by atoms with Gasteiger partial charge in [0.25, 0.3) is 5.91 Å². The van der Waals surface area contributed by atoms with Crippen molar-refractivity contribution in [3.05, 3.63) is 23.8 Å². The Morgan fingerprint density at radius 2 is 2.14 bits per heavy atom. The molecule has 1 aromatic rings. The van der Waals surface area contributed by atoms with E-state index in [0.717, 1.165) is 12.8 Å². The van der Waals surface area contributed by atoms with E-state index in [1.807, 2.05) is 0 Å². The lowest BCUT2D eigenvalue weighted by Gasteiger charge is -2.14. The van der Waals surface area contributed by atoms with Crippen molar-refractivity contribution in [1.29, 1.82) is 0 Å². The molecule has 22 heavy (non-hydrogen) atoms. The van der Waals surface area contributed by atoms with Crippen LogP contribution in [0.1, 0.15) is 30.1 Å². The standard InChI is InChI=1S/C16H21NO5/c1-10(16(19)20)8-17-15(18)13-6-5-12(21-2)7-14(13)22-9-11-3-4-11/h5-7,10-11H,3-4,8-9H2,1-2H3,(H,17,18)(H,19,20). The Labute approximate surface area is 129 Å². The number of carboxylic acids is 1. The fourth-order valence-electron chi connectivity index (χ4n) is 1.86. The van der Waals surface area contributed by atoms with Crippen LogP contribution in [0.15, 0.2) is 18.2 Å². The predicted molar refractivity (Wildman–Crippen MR) is 80.3 cm³/mol. The van der Waals surface area contributed by atoms with Gasteiger partial charge >= 0.3 is 5.97 Å². The molecule has 6 heteroatoms. The highest BCUT2D eigenvalue weighted by atomic mass is 16.5. The Morgan fingerprint density at radius 1 is 1.41 bits per heavy atom. The van der Waals surface area contributed by atoms with Gasteiger partial charge in [0.05, 0.1) is 25.2 Å². The molecule has 2 rings (SSSR count). The summed E-state index contributed by atoms with van der Waals surface area (Å²) in [5.41, 5.74) is 0.388. The number of amides is 1. The second-order valence-electron chi connectivity index (χ2n) is 5.57. The molecule has 0 spiro atoms. The van der Waals surface area contributed by atoms with Crippen molar-refractivity contribution < 1.29 is 24.2 Å². The maximum atomic E-state index is 12.2. The first-order valence-corrected chi connectivity index (χ1v) is 7.33. The zero-order chi connectivity index (χ0) is 16.1. The lowest BCUT2D eigenvalue weighted by atomic mass is 10.1. The summed E-state index contributed by atoms with van der Waals surface area (Å²) in [6, 6.07) is 4.99. The molecule has 0 heterocycles. The van der Waals surface area contributed by atoms with Gasteiger partial charge in [-0.15, -0.1) is 0 Å². The number of hydrogen-bond acceptors (Lipinski definition) is 4. The maximum absolute atomic E-state index is 12.2. The fraction of sp³-hybridized carbons (Fsp3) is 0.500. The van der Waals surface area contributed by atoms with Gasteiger partial charge in [0.15, 0.2) is 0 Å². The molecule has 6 nitrogen and oxygen atoms in total. The van der Waals surface area contributed by atoms with Gasteiger partial charge in [-0.1, -0.05) is 6.92 Å². The molecule has 0 aromatic heterocycles. The number of carboxylic acid groups (broad SMARTS) is 1. The molecule has 1 saturated carbocycles. The highest BCUT2D eigenvalue weighted by Crippen LogP contribution is 2.31. The van der Waals surface area contributed by atoms with E-state index < -0.39 is 11.9 Å². The van der Waals surface area contributed by atoms with Crippen molar-refractivity contribution in [3.8, 4) is 11.5 Å². The number of hydrogen-bond donors (Lipinski definition) is 2. The fourth-order valence-corrected chi connectivity index (χ4v) is 1.86. The van der Waals surface area contributed by atoms with Crippen LogP contribution >= 0.6 is 0 Å². The molecule has 2 N–H and O–H groups in total. The van der Waals surface area contributed by atoms with Gasteiger partial charge in [0.1, 0.15) is 11.5 Å². The van der Waals surface area contributed by atoms with Crippen molar-refractivity contribution in [3.63, 3.8) is 0 Å². The molecule has 120 valence electrons. The molecule has 1 fully saturated rings. The van der Waals surface area contributed by atoms with Crippen LogP contribution in [0.2, 0.25) is 0 Å². The first-order chi connectivity index (χ1) is 10.5. The van der Waals surface area contributed by atoms with E-state index in [4.69, 9.17) is 14.6 Å². The normalized spacial score (nSPS) is 15.0. The number of methoxy groups -OCH3 is 1. The number of carbonyl (C=O) groups excluding carboxylic acids is 1. The van der Waals surface area contributed by atoms with E-state index in [-0.39, 0.29) is 12.5 Å². The summed E-state index contributed by atoms with van der Waals surface area (Å²) in [4.78, 5) is 23.0.